The van der Waals surface area contributed by atoms with Crippen molar-refractivity contribution in [1.82, 2.24) is 10.2 Å². The van der Waals surface area contributed by atoms with E-state index in [0.29, 0.717) is 13.2 Å². The molecule has 0 spiro atoms. The minimum Gasteiger partial charge on any atom is -0.494 e. The van der Waals surface area contributed by atoms with Gasteiger partial charge in [0.2, 0.25) is 0 Å². The minimum absolute atomic E-state index is 0.107. The van der Waals surface area contributed by atoms with Crippen LogP contribution in [0, 0.1) is 0 Å². The number of rotatable bonds is 5. The summed E-state index contributed by atoms with van der Waals surface area (Å²) in [7, 11) is 0. The summed E-state index contributed by atoms with van der Waals surface area (Å²) >= 11 is 5.53. The first kappa shape index (κ1) is 20.5. The van der Waals surface area contributed by atoms with Crippen LogP contribution in [0.15, 0.2) is 24.3 Å². The zero-order valence-electron chi connectivity index (χ0n) is 16.2. The van der Waals surface area contributed by atoms with Gasteiger partial charge in [0.15, 0.2) is 11.7 Å². The van der Waals surface area contributed by atoms with E-state index in [1.54, 1.807) is 0 Å². The van der Waals surface area contributed by atoms with Gasteiger partial charge in [0, 0.05) is 11.2 Å². The lowest BCUT2D eigenvalue weighted by Gasteiger charge is -2.34. The lowest BCUT2D eigenvalue weighted by atomic mass is 10.1. The number of hydrogen-bond acceptors (Lipinski definition) is 3. The molecule has 0 saturated carbocycles. The molecule has 1 amide bonds. The number of nitrogens with zero attached hydrogens (tertiary/aromatic N) is 1. The Morgan fingerprint density at radius 1 is 1.23 bits per heavy atom. The standard InChI is InChI=1S/C19H30N4O2S/c1-5-25-16-8-6-15(7-9-16)20-18(26)23-12-10-22(11-13-23)14-17(24)21-19(2,3)4/h6-9H,5,10-14H2,1-4H3,(H,20,26)(H,21,24)/p+1. The summed E-state index contributed by atoms with van der Waals surface area (Å²) in [6.45, 7) is 12.7. The van der Waals surface area contributed by atoms with E-state index >= 15 is 0 Å². The van der Waals surface area contributed by atoms with Gasteiger partial charge in [-0.05, 0) is 64.2 Å². The molecular formula is C19H31N4O2S+. The van der Waals surface area contributed by atoms with Crippen LogP contribution in [0.2, 0.25) is 0 Å². The summed E-state index contributed by atoms with van der Waals surface area (Å²) in [5, 5.41) is 7.03. The molecule has 0 unspecified atom stereocenters. The SMILES string of the molecule is CCOc1ccc(NC(=S)N2CC[NH+](CC(=O)NC(C)(C)C)CC2)cc1. The number of thiocarbonyl (C=S) groups is 1. The van der Waals surface area contributed by atoms with E-state index in [0.717, 1.165) is 42.7 Å². The maximum atomic E-state index is 12.1. The van der Waals surface area contributed by atoms with Crippen LogP contribution in [0.3, 0.4) is 0 Å². The normalized spacial score (nSPS) is 15.5. The van der Waals surface area contributed by atoms with Crippen molar-refractivity contribution in [1.29, 1.82) is 0 Å². The van der Waals surface area contributed by atoms with Crippen molar-refractivity contribution in [3.05, 3.63) is 24.3 Å². The molecule has 144 valence electrons. The van der Waals surface area contributed by atoms with Crippen molar-refractivity contribution < 1.29 is 14.4 Å². The van der Waals surface area contributed by atoms with Gasteiger partial charge in [-0.1, -0.05) is 0 Å². The number of piperazine rings is 1. The predicted molar refractivity (Wildman–Crippen MR) is 109 cm³/mol. The smallest absolute Gasteiger partial charge is 0.275 e. The summed E-state index contributed by atoms with van der Waals surface area (Å²) in [6.07, 6.45) is 0. The van der Waals surface area contributed by atoms with Crippen LogP contribution in [0.25, 0.3) is 0 Å². The number of anilines is 1. The summed E-state index contributed by atoms with van der Waals surface area (Å²) in [4.78, 5) is 15.5. The van der Waals surface area contributed by atoms with Gasteiger partial charge in [0.25, 0.3) is 5.91 Å². The number of carbonyl (C=O) groups is 1. The van der Waals surface area contributed by atoms with E-state index in [1.807, 2.05) is 52.0 Å². The molecule has 7 heteroatoms. The molecule has 1 aliphatic rings. The second kappa shape index (κ2) is 9.19. The number of nitrogens with one attached hydrogen (secondary N) is 3. The van der Waals surface area contributed by atoms with Crippen molar-refractivity contribution >= 4 is 28.9 Å². The fraction of sp³-hybridized carbons (Fsp3) is 0.579. The Morgan fingerprint density at radius 2 is 1.85 bits per heavy atom. The molecular weight excluding hydrogens is 348 g/mol. The van der Waals surface area contributed by atoms with Crippen molar-refractivity contribution in [2.75, 3.05) is 44.6 Å². The highest BCUT2D eigenvalue weighted by molar-refractivity contribution is 7.80. The molecule has 3 N–H and O–H groups in total. The molecule has 26 heavy (non-hydrogen) atoms. The quantitative estimate of drug-likeness (QED) is 0.664. The maximum Gasteiger partial charge on any atom is 0.275 e. The minimum atomic E-state index is -0.179. The highest BCUT2D eigenvalue weighted by atomic mass is 32.1. The number of amides is 1. The second-order valence-corrected chi connectivity index (χ2v) is 7.99. The molecule has 1 saturated heterocycles. The molecule has 1 fully saturated rings. The molecule has 2 rings (SSSR count). The largest absolute Gasteiger partial charge is 0.494 e. The van der Waals surface area contributed by atoms with E-state index < -0.39 is 0 Å². The van der Waals surface area contributed by atoms with Crippen molar-refractivity contribution in [2.24, 2.45) is 0 Å². The Bertz CT molecular complexity index is 605. The van der Waals surface area contributed by atoms with E-state index in [9.17, 15) is 4.79 Å². The number of benzene rings is 1. The molecule has 6 nitrogen and oxygen atoms in total. The Labute approximate surface area is 161 Å². The van der Waals surface area contributed by atoms with Gasteiger partial charge in [0.1, 0.15) is 5.75 Å². The van der Waals surface area contributed by atoms with Crippen LogP contribution < -0.4 is 20.3 Å². The molecule has 1 aliphatic heterocycles. The first-order valence-corrected chi connectivity index (χ1v) is 9.61. The number of ether oxygens (including phenoxy) is 1. The molecule has 0 aromatic heterocycles. The lowest BCUT2D eigenvalue weighted by Crippen LogP contribution is -3.16. The Balaban J connectivity index is 1.76. The average molecular weight is 380 g/mol. The van der Waals surface area contributed by atoms with Crippen LogP contribution in [0.1, 0.15) is 27.7 Å². The summed E-state index contributed by atoms with van der Waals surface area (Å²) < 4.78 is 5.45. The molecule has 0 aliphatic carbocycles. The van der Waals surface area contributed by atoms with Crippen molar-refractivity contribution in [3.8, 4) is 5.75 Å². The van der Waals surface area contributed by atoms with Gasteiger partial charge >= 0.3 is 0 Å². The topological polar surface area (TPSA) is 58.0 Å². The summed E-state index contributed by atoms with van der Waals surface area (Å²) in [5.74, 6) is 0.964. The van der Waals surface area contributed by atoms with Gasteiger partial charge in [0.05, 0.1) is 32.8 Å². The first-order chi connectivity index (χ1) is 12.3. The zero-order valence-corrected chi connectivity index (χ0v) is 17.0. The Hall–Kier alpha value is -1.86. The van der Waals surface area contributed by atoms with Crippen molar-refractivity contribution in [2.45, 2.75) is 33.2 Å². The van der Waals surface area contributed by atoms with Crippen LogP contribution in [0.4, 0.5) is 5.69 Å². The average Bonchev–Trinajstić information content (AvgIpc) is 2.55. The lowest BCUT2D eigenvalue weighted by molar-refractivity contribution is -0.895. The third-order valence-electron chi connectivity index (χ3n) is 4.10. The van der Waals surface area contributed by atoms with Gasteiger partial charge < -0.3 is 25.2 Å². The molecule has 1 heterocycles. The Kier molecular flexibility index (Phi) is 7.23. The molecule has 0 atom stereocenters. The molecule has 1 aromatic carbocycles. The zero-order chi connectivity index (χ0) is 19.2. The van der Waals surface area contributed by atoms with Crippen molar-refractivity contribution in [3.63, 3.8) is 0 Å². The number of hydrogen-bond donors (Lipinski definition) is 3. The maximum absolute atomic E-state index is 12.1. The third kappa shape index (κ3) is 6.80. The van der Waals surface area contributed by atoms with Crippen LogP contribution in [-0.4, -0.2) is 60.8 Å². The third-order valence-corrected chi connectivity index (χ3v) is 4.46. The first-order valence-electron chi connectivity index (χ1n) is 9.20. The molecule has 0 bridgehead atoms. The van der Waals surface area contributed by atoms with Gasteiger partial charge in [-0.15, -0.1) is 0 Å². The van der Waals surface area contributed by atoms with E-state index in [2.05, 4.69) is 15.5 Å². The highest BCUT2D eigenvalue weighted by Crippen LogP contribution is 2.16. The molecule has 0 radical (unpaired) electrons. The van der Waals surface area contributed by atoms with Gasteiger partial charge in [-0.25, -0.2) is 0 Å². The summed E-state index contributed by atoms with van der Waals surface area (Å²) in [5.41, 5.74) is 0.777. The van der Waals surface area contributed by atoms with Gasteiger partial charge in [-0.2, -0.15) is 0 Å². The van der Waals surface area contributed by atoms with E-state index in [-0.39, 0.29) is 11.4 Å². The van der Waals surface area contributed by atoms with E-state index in [4.69, 9.17) is 17.0 Å². The fourth-order valence-corrected chi connectivity index (χ4v) is 3.20. The Morgan fingerprint density at radius 3 is 2.38 bits per heavy atom. The predicted octanol–water partition coefficient (Wildman–Crippen LogP) is 0.897. The van der Waals surface area contributed by atoms with Crippen LogP contribution in [0.5, 0.6) is 5.75 Å². The number of carbonyl (C=O) groups excluding carboxylic acids is 1. The van der Waals surface area contributed by atoms with Crippen LogP contribution in [-0.2, 0) is 4.79 Å². The fourth-order valence-electron chi connectivity index (χ4n) is 2.90. The molecule has 1 aromatic rings. The second-order valence-electron chi connectivity index (χ2n) is 7.60. The van der Waals surface area contributed by atoms with Gasteiger partial charge in [-0.3, -0.25) is 4.79 Å². The summed E-state index contributed by atoms with van der Waals surface area (Å²) in [6, 6.07) is 7.81. The highest BCUT2D eigenvalue weighted by Gasteiger charge is 2.25. The van der Waals surface area contributed by atoms with E-state index in [1.165, 1.54) is 4.90 Å². The monoisotopic (exact) mass is 379 g/mol. The number of quaternary nitrogens is 1. The van der Waals surface area contributed by atoms with Crippen LogP contribution >= 0.6 is 12.2 Å².